The maximum atomic E-state index is 5.36. The average Bonchev–Trinajstić information content (AvgIpc) is 2.42. The fourth-order valence-electron chi connectivity index (χ4n) is 2.28. The third-order valence-electron chi connectivity index (χ3n) is 3.32. The minimum Gasteiger partial charge on any atom is -0.424 e. The van der Waals surface area contributed by atoms with Gasteiger partial charge in [0.15, 0.2) is 0 Å². The minimum absolute atomic E-state index is 0.685. The summed E-state index contributed by atoms with van der Waals surface area (Å²) in [5.74, 6) is 0. The van der Waals surface area contributed by atoms with Crippen molar-refractivity contribution in [2.75, 3.05) is 6.61 Å². The van der Waals surface area contributed by atoms with E-state index in [9.17, 15) is 0 Å². The Kier molecular flexibility index (Phi) is 4.72. The van der Waals surface area contributed by atoms with Gasteiger partial charge in [0.25, 0.3) is 0 Å². The highest BCUT2D eigenvalue weighted by molar-refractivity contribution is 5.98. The molecule has 0 amide bonds. The molecule has 0 atom stereocenters. The normalized spacial score (nSPS) is 10.4. The SMILES string of the molecule is Cc1ccccc1C(=CCO[SiH3])c1ccccc1C. The maximum absolute atomic E-state index is 5.36. The molecular formula is C17H20OSi. The van der Waals surface area contributed by atoms with E-state index in [1.165, 1.54) is 27.8 Å². The number of hydrogen-bond acceptors (Lipinski definition) is 1. The molecule has 0 saturated heterocycles. The molecule has 19 heavy (non-hydrogen) atoms. The van der Waals surface area contributed by atoms with Crippen LogP contribution < -0.4 is 0 Å². The van der Waals surface area contributed by atoms with Gasteiger partial charge in [-0.15, -0.1) is 0 Å². The summed E-state index contributed by atoms with van der Waals surface area (Å²) in [7, 11) is 0.771. The molecule has 2 aromatic carbocycles. The van der Waals surface area contributed by atoms with Crippen molar-refractivity contribution >= 4 is 16.1 Å². The van der Waals surface area contributed by atoms with Gasteiger partial charge in [-0.2, -0.15) is 0 Å². The predicted molar refractivity (Wildman–Crippen MR) is 85.3 cm³/mol. The Labute approximate surface area is 118 Å². The van der Waals surface area contributed by atoms with E-state index in [4.69, 9.17) is 4.43 Å². The van der Waals surface area contributed by atoms with Crippen LogP contribution in [0.2, 0.25) is 0 Å². The first-order chi connectivity index (χ1) is 9.24. The molecule has 1 nitrogen and oxygen atoms in total. The van der Waals surface area contributed by atoms with E-state index < -0.39 is 0 Å². The van der Waals surface area contributed by atoms with Gasteiger partial charge in [0, 0.05) is 0 Å². The summed E-state index contributed by atoms with van der Waals surface area (Å²) in [5.41, 5.74) is 6.44. The van der Waals surface area contributed by atoms with Gasteiger partial charge in [0.1, 0.15) is 10.5 Å². The first-order valence-corrected chi connectivity index (χ1v) is 7.37. The van der Waals surface area contributed by atoms with Crippen molar-refractivity contribution in [2.45, 2.75) is 13.8 Å². The molecular weight excluding hydrogens is 248 g/mol. The van der Waals surface area contributed by atoms with Gasteiger partial charge < -0.3 is 4.43 Å². The van der Waals surface area contributed by atoms with E-state index in [0.29, 0.717) is 6.61 Å². The molecule has 0 aromatic heterocycles. The fourth-order valence-corrected chi connectivity index (χ4v) is 2.45. The lowest BCUT2D eigenvalue weighted by molar-refractivity contribution is 0.402. The lowest BCUT2D eigenvalue weighted by atomic mass is 9.91. The third-order valence-corrected chi connectivity index (χ3v) is 3.66. The Balaban J connectivity index is 2.55. The molecule has 2 aromatic rings. The topological polar surface area (TPSA) is 9.23 Å². The summed E-state index contributed by atoms with van der Waals surface area (Å²) in [6.07, 6.45) is 2.19. The van der Waals surface area contributed by atoms with E-state index in [1.807, 2.05) is 0 Å². The quantitative estimate of drug-likeness (QED) is 0.775. The number of rotatable bonds is 4. The standard InChI is InChI=1S/C17H20OSi/c1-13-7-3-5-9-15(13)17(11-12-18-19)16-10-6-4-8-14(16)2/h3-11H,12H2,1-2,19H3. The van der Waals surface area contributed by atoms with Crippen LogP contribution in [-0.2, 0) is 4.43 Å². The van der Waals surface area contributed by atoms with E-state index in [-0.39, 0.29) is 0 Å². The van der Waals surface area contributed by atoms with Crippen LogP contribution in [0.5, 0.6) is 0 Å². The average molecular weight is 268 g/mol. The lowest BCUT2D eigenvalue weighted by Gasteiger charge is -2.14. The number of hydrogen-bond donors (Lipinski definition) is 0. The molecule has 0 fully saturated rings. The van der Waals surface area contributed by atoms with Gasteiger partial charge >= 0.3 is 0 Å². The van der Waals surface area contributed by atoms with Crippen LogP contribution in [0.4, 0.5) is 0 Å². The molecule has 2 rings (SSSR count). The van der Waals surface area contributed by atoms with Crippen molar-refractivity contribution in [3.8, 4) is 0 Å². The molecule has 0 aliphatic rings. The molecule has 0 unspecified atom stereocenters. The summed E-state index contributed by atoms with van der Waals surface area (Å²) >= 11 is 0. The highest BCUT2D eigenvalue weighted by Crippen LogP contribution is 2.28. The number of aryl methyl sites for hydroxylation is 2. The van der Waals surface area contributed by atoms with Crippen LogP contribution in [0, 0.1) is 13.8 Å². The second-order valence-electron chi connectivity index (χ2n) is 4.70. The Bertz CT molecular complexity index is 540. The van der Waals surface area contributed by atoms with Gasteiger partial charge in [0.05, 0.1) is 6.61 Å². The van der Waals surface area contributed by atoms with E-state index in [0.717, 1.165) is 10.5 Å². The highest BCUT2D eigenvalue weighted by atomic mass is 28.2. The molecule has 0 bridgehead atoms. The highest BCUT2D eigenvalue weighted by Gasteiger charge is 2.09. The van der Waals surface area contributed by atoms with Crippen molar-refractivity contribution < 1.29 is 4.43 Å². The second kappa shape index (κ2) is 6.50. The molecule has 0 N–H and O–H groups in total. The monoisotopic (exact) mass is 268 g/mol. The zero-order valence-electron chi connectivity index (χ0n) is 11.8. The van der Waals surface area contributed by atoms with Crippen molar-refractivity contribution in [2.24, 2.45) is 0 Å². The molecule has 0 radical (unpaired) electrons. The summed E-state index contributed by atoms with van der Waals surface area (Å²) in [6.45, 7) is 5.00. The van der Waals surface area contributed by atoms with Gasteiger partial charge in [-0.1, -0.05) is 54.6 Å². The van der Waals surface area contributed by atoms with Crippen LogP contribution in [0.3, 0.4) is 0 Å². The first kappa shape index (κ1) is 13.8. The zero-order chi connectivity index (χ0) is 13.7. The summed E-state index contributed by atoms with van der Waals surface area (Å²) in [4.78, 5) is 0. The van der Waals surface area contributed by atoms with Crippen molar-refractivity contribution in [3.63, 3.8) is 0 Å². The Hall–Kier alpha value is -1.64. The van der Waals surface area contributed by atoms with Gasteiger partial charge in [-0.3, -0.25) is 0 Å². The van der Waals surface area contributed by atoms with Crippen molar-refractivity contribution in [3.05, 3.63) is 76.9 Å². The van der Waals surface area contributed by atoms with Crippen LogP contribution in [0.1, 0.15) is 22.3 Å². The second-order valence-corrected chi connectivity index (χ2v) is 5.28. The zero-order valence-corrected chi connectivity index (χ0v) is 13.8. The summed E-state index contributed by atoms with van der Waals surface area (Å²) in [5, 5.41) is 0. The van der Waals surface area contributed by atoms with Crippen LogP contribution in [-0.4, -0.2) is 17.1 Å². The van der Waals surface area contributed by atoms with Gasteiger partial charge in [0.2, 0.25) is 0 Å². The van der Waals surface area contributed by atoms with E-state index >= 15 is 0 Å². The molecule has 2 heteroatoms. The smallest absolute Gasteiger partial charge is 0.146 e. The lowest BCUT2D eigenvalue weighted by Crippen LogP contribution is -1.96. The Morgan fingerprint density at radius 2 is 1.42 bits per heavy atom. The van der Waals surface area contributed by atoms with Gasteiger partial charge in [-0.25, -0.2) is 0 Å². The minimum atomic E-state index is 0.685. The number of benzene rings is 2. The Morgan fingerprint density at radius 1 is 0.947 bits per heavy atom. The largest absolute Gasteiger partial charge is 0.424 e. The molecule has 0 heterocycles. The molecule has 0 spiro atoms. The fraction of sp³-hybridized carbons (Fsp3) is 0.176. The molecule has 98 valence electrons. The van der Waals surface area contributed by atoms with Crippen LogP contribution >= 0.6 is 0 Å². The predicted octanol–water partition coefficient (Wildman–Crippen LogP) is 3.03. The maximum Gasteiger partial charge on any atom is 0.146 e. The summed E-state index contributed by atoms with van der Waals surface area (Å²) in [6, 6.07) is 17.0. The Morgan fingerprint density at radius 3 is 1.84 bits per heavy atom. The molecule has 0 aliphatic heterocycles. The first-order valence-electron chi connectivity index (χ1n) is 6.55. The van der Waals surface area contributed by atoms with Crippen LogP contribution in [0.15, 0.2) is 54.6 Å². The van der Waals surface area contributed by atoms with Crippen LogP contribution in [0.25, 0.3) is 5.57 Å². The van der Waals surface area contributed by atoms with E-state index in [1.54, 1.807) is 0 Å². The molecule has 0 aliphatic carbocycles. The molecule has 0 saturated carbocycles. The summed E-state index contributed by atoms with van der Waals surface area (Å²) < 4.78 is 5.36. The third kappa shape index (κ3) is 3.22. The van der Waals surface area contributed by atoms with Gasteiger partial charge in [-0.05, 0) is 41.7 Å². The van der Waals surface area contributed by atoms with E-state index in [2.05, 4.69) is 68.5 Å². The van der Waals surface area contributed by atoms with Crippen molar-refractivity contribution in [1.29, 1.82) is 0 Å². The van der Waals surface area contributed by atoms with Crippen molar-refractivity contribution in [1.82, 2.24) is 0 Å².